The third-order valence-corrected chi connectivity index (χ3v) is 0.712. The van der Waals surface area contributed by atoms with Gasteiger partial charge in [-0.2, -0.15) is 0 Å². The Hall–Kier alpha value is 0.140. The second-order valence-corrected chi connectivity index (χ2v) is 1.72. The van der Waals surface area contributed by atoms with Gasteiger partial charge < -0.3 is 6.16 Å². The van der Waals surface area contributed by atoms with Crippen LogP contribution in [0.1, 0.15) is 28.1 Å². The maximum atomic E-state index is 10.4. The van der Waals surface area contributed by atoms with Crippen molar-refractivity contribution in [2.45, 2.75) is 26.7 Å². The molecule has 0 aromatic heterocycles. The first-order chi connectivity index (χ1) is 4.16. The van der Waals surface area contributed by atoms with E-state index >= 15 is 0 Å². The van der Waals surface area contributed by atoms with Gasteiger partial charge in [-0.1, -0.05) is 6.92 Å². The summed E-state index contributed by atoms with van der Waals surface area (Å²) in [6, 6.07) is 0. The molecule has 0 amide bonds. The van der Waals surface area contributed by atoms with Crippen molar-refractivity contribution in [3.8, 4) is 0 Å². The average molecular weight is 154 g/mol. The van der Waals surface area contributed by atoms with E-state index in [4.69, 9.17) is 0 Å². The number of carbonyl (C=O) groups excluding carboxylic acids is 2. The van der Waals surface area contributed by atoms with Crippen LogP contribution in [-0.2, 0) is 14.3 Å². The molecule has 0 aromatic carbocycles. The molecule has 3 nitrogen and oxygen atoms in total. The van der Waals surface area contributed by atoms with E-state index in [0.29, 0.717) is 12.8 Å². The van der Waals surface area contributed by atoms with Crippen LogP contribution in [0.15, 0.2) is 0 Å². The maximum Gasteiger partial charge on any atom is 1.00 e. The topological polar surface area (TPSA) is 43.4 Å². The molecule has 0 fully saturated rings. The van der Waals surface area contributed by atoms with Crippen molar-refractivity contribution in [1.29, 1.82) is 0 Å². The van der Waals surface area contributed by atoms with Gasteiger partial charge in [0, 0.05) is 13.3 Å². The van der Waals surface area contributed by atoms with Crippen LogP contribution in [0.5, 0.6) is 0 Å². The van der Waals surface area contributed by atoms with E-state index in [2.05, 4.69) is 4.74 Å². The Labute approximate surface area is 83.9 Å². The van der Waals surface area contributed by atoms with Crippen LogP contribution in [0.3, 0.4) is 0 Å². The average Bonchev–Trinajstić information content (AvgIpc) is 1.63. The minimum absolute atomic E-state index is 0. The Kier molecular flexibility index (Phi) is 9.27. The second kappa shape index (κ2) is 7.25. The molecule has 10 heavy (non-hydrogen) atoms. The zero-order valence-electron chi connectivity index (χ0n) is 7.64. The molecule has 0 atom stereocenters. The molecule has 54 valence electrons. The summed E-state index contributed by atoms with van der Waals surface area (Å²) in [5.74, 6) is -0.974. The minimum atomic E-state index is -0.534. The first-order valence-electron chi connectivity index (χ1n) is 2.88. The summed E-state index contributed by atoms with van der Waals surface area (Å²) in [5.41, 5.74) is 0. The molecule has 0 saturated heterocycles. The number of hydrogen-bond donors (Lipinski definition) is 0. The molecule has 0 heterocycles. The Morgan fingerprint density at radius 3 is 2.30 bits per heavy atom. The van der Waals surface area contributed by atoms with E-state index in [0.717, 1.165) is 0 Å². The predicted molar refractivity (Wildman–Crippen MR) is 32.8 cm³/mol. The van der Waals surface area contributed by atoms with Crippen molar-refractivity contribution < 1.29 is 45.3 Å². The third kappa shape index (κ3) is 8.14. The van der Waals surface area contributed by atoms with Gasteiger partial charge in [0.2, 0.25) is 0 Å². The number of hydrogen-bond acceptors (Lipinski definition) is 3. The fourth-order valence-corrected chi connectivity index (χ4v) is 0.415. The largest absolute Gasteiger partial charge is 1.00 e. The van der Waals surface area contributed by atoms with Crippen molar-refractivity contribution >= 4 is 11.9 Å². The van der Waals surface area contributed by atoms with E-state index in [1.807, 2.05) is 6.92 Å². The van der Waals surface area contributed by atoms with Crippen LogP contribution >= 0.6 is 0 Å². The van der Waals surface area contributed by atoms with E-state index in [1.165, 1.54) is 6.92 Å². The summed E-state index contributed by atoms with van der Waals surface area (Å²) < 4.78 is 4.21. The summed E-state index contributed by atoms with van der Waals surface area (Å²) in [6.07, 6.45) is 1.03. The Bertz CT molecular complexity index is 127. The first-order valence-corrected chi connectivity index (χ1v) is 2.88. The molecule has 0 rings (SSSR count). The first kappa shape index (κ1) is 12.8. The van der Waals surface area contributed by atoms with Crippen LogP contribution in [0.25, 0.3) is 0 Å². The number of rotatable bonds is 2. The molecular weight excluding hydrogens is 143 g/mol. The van der Waals surface area contributed by atoms with Crippen molar-refractivity contribution in [3.05, 3.63) is 0 Å². The normalized spacial score (nSPS) is 7.80. The van der Waals surface area contributed by atoms with Crippen molar-refractivity contribution in [2.75, 3.05) is 0 Å². The maximum absolute atomic E-state index is 10.4. The summed E-state index contributed by atoms with van der Waals surface area (Å²) in [4.78, 5) is 20.5. The fraction of sp³-hybridized carbons (Fsp3) is 0.667. The van der Waals surface area contributed by atoms with E-state index in [1.54, 1.807) is 0 Å². The van der Waals surface area contributed by atoms with Crippen molar-refractivity contribution in [1.82, 2.24) is 0 Å². The quantitative estimate of drug-likeness (QED) is 0.262. The summed E-state index contributed by atoms with van der Waals surface area (Å²) >= 11 is 0. The van der Waals surface area contributed by atoms with E-state index in [-0.39, 0.29) is 31.0 Å². The Morgan fingerprint density at radius 1 is 1.50 bits per heavy atom. The molecule has 0 saturated carbocycles. The Balaban J connectivity index is -0.000000320. The second-order valence-electron chi connectivity index (χ2n) is 1.72. The minimum Gasteiger partial charge on any atom is -1.00 e. The van der Waals surface area contributed by atoms with Crippen LogP contribution in [0, 0.1) is 0 Å². The number of esters is 2. The van der Waals surface area contributed by atoms with Gasteiger partial charge in [-0.15, -0.1) is 0 Å². The summed E-state index contributed by atoms with van der Waals surface area (Å²) in [5, 5.41) is 0. The number of carbonyl (C=O) groups is 2. The van der Waals surface area contributed by atoms with Crippen molar-refractivity contribution in [2.24, 2.45) is 0 Å². The van der Waals surface area contributed by atoms with Crippen LogP contribution < -0.4 is 29.6 Å². The van der Waals surface area contributed by atoms with Gasteiger partial charge in [-0.25, -0.2) is 0 Å². The molecule has 0 radical (unpaired) electrons. The molecular formula is C6H11NaO3. The monoisotopic (exact) mass is 154 g/mol. The van der Waals surface area contributed by atoms with Gasteiger partial charge in [0.1, 0.15) is 0 Å². The molecule has 0 N–H and O–H groups in total. The molecule has 0 bridgehead atoms. The third-order valence-electron chi connectivity index (χ3n) is 0.712. The van der Waals surface area contributed by atoms with Crippen molar-refractivity contribution in [3.63, 3.8) is 0 Å². The molecule has 0 aliphatic carbocycles. The zero-order chi connectivity index (χ0) is 7.28. The predicted octanol–water partition coefficient (Wildman–Crippen LogP) is -2.01. The molecule has 0 aliphatic heterocycles. The van der Waals surface area contributed by atoms with Gasteiger partial charge in [0.15, 0.2) is 0 Å². The van der Waals surface area contributed by atoms with Crippen LogP contribution in [0.2, 0.25) is 0 Å². The van der Waals surface area contributed by atoms with Crippen LogP contribution in [-0.4, -0.2) is 11.9 Å². The van der Waals surface area contributed by atoms with E-state index in [9.17, 15) is 9.59 Å². The van der Waals surface area contributed by atoms with Gasteiger partial charge in [0.05, 0.1) is 0 Å². The molecule has 4 heteroatoms. The van der Waals surface area contributed by atoms with E-state index < -0.39 is 11.9 Å². The van der Waals surface area contributed by atoms with Gasteiger partial charge >= 0.3 is 41.5 Å². The molecule has 0 unspecified atom stereocenters. The standard InChI is InChI=1S/C6H10O3.Na.H/c1-3-4-6(8)9-5(2)7;;/h3-4H2,1-2H3;;/q;+1;-1. The summed E-state index contributed by atoms with van der Waals surface area (Å²) in [6.45, 7) is 3.06. The summed E-state index contributed by atoms with van der Waals surface area (Å²) in [7, 11) is 0. The number of ether oxygens (including phenoxy) is 1. The SMILES string of the molecule is CCCC(=O)OC(C)=O.[H-].[Na+]. The van der Waals surface area contributed by atoms with Crippen LogP contribution in [0.4, 0.5) is 0 Å². The zero-order valence-corrected chi connectivity index (χ0v) is 8.64. The molecule has 0 spiro atoms. The molecule has 0 aromatic rings. The fourth-order valence-electron chi connectivity index (χ4n) is 0.415. The van der Waals surface area contributed by atoms with Gasteiger partial charge in [-0.3, -0.25) is 9.59 Å². The smallest absolute Gasteiger partial charge is 1.00 e. The van der Waals surface area contributed by atoms with Gasteiger partial charge in [0.25, 0.3) is 0 Å². The Morgan fingerprint density at radius 2 is 2.00 bits per heavy atom. The van der Waals surface area contributed by atoms with Gasteiger partial charge in [-0.05, 0) is 6.42 Å². The molecule has 0 aliphatic rings.